The van der Waals surface area contributed by atoms with E-state index in [0.29, 0.717) is 24.7 Å². The van der Waals surface area contributed by atoms with Crippen LogP contribution < -0.4 is 19.5 Å². The predicted octanol–water partition coefficient (Wildman–Crippen LogP) is 3.45. The molecular formula is C20H27NO4. The molecule has 2 unspecified atom stereocenters. The molecule has 0 spiro atoms. The third-order valence-electron chi connectivity index (χ3n) is 3.89. The molecule has 0 amide bonds. The van der Waals surface area contributed by atoms with Crippen molar-refractivity contribution in [1.82, 2.24) is 5.32 Å². The molecule has 2 atom stereocenters. The van der Waals surface area contributed by atoms with Gasteiger partial charge in [-0.3, -0.25) is 0 Å². The summed E-state index contributed by atoms with van der Waals surface area (Å²) in [5, 5.41) is 3.15. The Morgan fingerprint density at radius 1 is 0.960 bits per heavy atom. The van der Waals surface area contributed by atoms with Gasteiger partial charge in [0.15, 0.2) is 17.6 Å². The van der Waals surface area contributed by atoms with Crippen LogP contribution in [0.1, 0.15) is 18.6 Å². The Hall–Kier alpha value is -2.24. The van der Waals surface area contributed by atoms with Gasteiger partial charge >= 0.3 is 0 Å². The highest BCUT2D eigenvalue weighted by Crippen LogP contribution is 2.33. The van der Waals surface area contributed by atoms with E-state index in [-0.39, 0.29) is 12.2 Å². The lowest BCUT2D eigenvalue weighted by Gasteiger charge is -2.28. The summed E-state index contributed by atoms with van der Waals surface area (Å²) in [7, 11) is 5.22. The second-order valence-corrected chi connectivity index (χ2v) is 5.52. The Morgan fingerprint density at radius 3 is 2.20 bits per heavy atom. The van der Waals surface area contributed by atoms with E-state index in [1.165, 1.54) is 0 Å². The standard InChI is InChI=1S/C20H27NO4/c1-5-24-16-12-10-15(11-13-16)20(19(23-4)14-21-2)25-18-9-7-6-8-17(18)22-3/h6-13,19-21H,5,14H2,1-4H3. The maximum absolute atomic E-state index is 6.30. The fourth-order valence-corrected chi connectivity index (χ4v) is 2.65. The molecule has 0 aliphatic carbocycles. The Labute approximate surface area is 149 Å². The molecule has 0 fully saturated rings. The largest absolute Gasteiger partial charge is 0.494 e. The van der Waals surface area contributed by atoms with Gasteiger partial charge in [-0.25, -0.2) is 0 Å². The highest BCUT2D eigenvalue weighted by Gasteiger charge is 2.26. The molecule has 25 heavy (non-hydrogen) atoms. The van der Waals surface area contributed by atoms with Gasteiger partial charge in [0.2, 0.25) is 0 Å². The topological polar surface area (TPSA) is 49.0 Å². The fraction of sp³-hybridized carbons (Fsp3) is 0.400. The molecule has 0 heterocycles. The van der Waals surface area contributed by atoms with Crippen LogP contribution in [0.15, 0.2) is 48.5 Å². The lowest BCUT2D eigenvalue weighted by atomic mass is 10.0. The molecule has 2 rings (SSSR count). The van der Waals surface area contributed by atoms with Gasteiger partial charge in [-0.2, -0.15) is 0 Å². The van der Waals surface area contributed by atoms with Gasteiger partial charge in [-0.05, 0) is 43.8 Å². The Kier molecular flexibility index (Phi) is 7.57. The van der Waals surface area contributed by atoms with Gasteiger partial charge in [0, 0.05) is 13.7 Å². The number of rotatable bonds is 10. The summed E-state index contributed by atoms with van der Waals surface area (Å²) in [5.41, 5.74) is 1.01. The molecular weight excluding hydrogens is 318 g/mol. The number of nitrogens with one attached hydrogen (secondary N) is 1. The number of ether oxygens (including phenoxy) is 4. The van der Waals surface area contributed by atoms with Crippen LogP contribution in [0.3, 0.4) is 0 Å². The number of benzene rings is 2. The first-order chi connectivity index (χ1) is 12.2. The average molecular weight is 345 g/mol. The van der Waals surface area contributed by atoms with Gasteiger partial charge in [0.1, 0.15) is 11.9 Å². The summed E-state index contributed by atoms with van der Waals surface area (Å²) in [6.07, 6.45) is -0.447. The van der Waals surface area contributed by atoms with Crippen molar-refractivity contribution in [1.29, 1.82) is 0 Å². The molecule has 2 aromatic rings. The molecule has 0 saturated heterocycles. The molecule has 136 valence electrons. The molecule has 0 saturated carbocycles. The molecule has 0 bridgehead atoms. The van der Waals surface area contributed by atoms with Crippen LogP contribution in [0.5, 0.6) is 17.2 Å². The minimum Gasteiger partial charge on any atom is -0.494 e. The van der Waals surface area contributed by atoms with Gasteiger partial charge in [0.05, 0.1) is 13.7 Å². The zero-order valence-electron chi connectivity index (χ0n) is 15.3. The second-order valence-electron chi connectivity index (χ2n) is 5.52. The third kappa shape index (κ3) is 5.11. The third-order valence-corrected chi connectivity index (χ3v) is 3.89. The minimum absolute atomic E-state index is 0.159. The number of likely N-dealkylation sites (N-methyl/N-ethyl adjacent to an activating group) is 1. The lowest BCUT2D eigenvalue weighted by molar-refractivity contribution is 0.00156. The van der Waals surface area contributed by atoms with Crippen molar-refractivity contribution in [3.8, 4) is 17.2 Å². The minimum atomic E-state index is -0.288. The number of para-hydroxylation sites is 2. The Bertz CT molecular complexity index is 630. The maximum atomic E-state index is 6.30. The van der Waals surface area contributed by atoms with Crippen molar-refractivity contribution < 1.29 is 18.9 Å². The summed E-state index contributed by atoms with van der Waals surface area (Å²) in [6.45, 7) is 3.26. The zero-order valence-corrected chi connectivity index (χ0v) is 15.3. The van der Waals surface area contributed by atoms with Gasteiger partial charge in [0.25, 0.3) is 0 Å². The maximum Gasteiger partial charge on any atom is 0.162 e. The van der Waals surface area contributed by atoms with E-state index in [2.05, 4.69) is 5.32 Å². The van der Waals surface area contributed by atoms with Crippen molar-refractivity contribution >= 4 is 0 Å². The van der Waals surface area contributed by atoms with Crippen LogP contribution in [0, 0.1) is 0 Å². The van der Waals surface area contributed by atoms with E-state index in [1.807, 2.05) is 62.5 Å². The van der Waals surface area contributed by atoms with E-state index in [0.717, 1.165) is 11.3 Å². The quantitative estimate of drug-likeness (QED) is 0.715. The van der Waals surface area contributed by atoms with Crippen LogP contribution in [0.25, 0.3) is 0 Å². The predicted molar refractivity (Wildman–Crippen MR) is 98.7 cm³/mol. The monoisotopic (exact) mass is 345 g/mol. The van der Waals surface area contributed by atoms with Crippen LogP contribution in [-0.4, -0.2) is 40.5 Å². The highest BCUT2D eigenvalue weighted by molar-refractivity contribution is 5.40. The number of hydrogen-bond acceptors (Lipinski definition) is 5. The first-order valence-electron chi connectivity index (χ1n) is 8.43. The molecule has 1 N–H and O–H groups in total. The first-order valence-corrected chi connectivity index (χ1v) is 8.43. The SMILES string of the molecule is CCOc1ccc(C(Oc2ccccc2OC)C(CNC)OC)cc1. The average Bonchev–Trinajstić information content (AvgIpc) is 2.66. The highest BCUT2D eigenvalue weighted by atomic mass is 16.5. The van der Waals surface area contributed by atoms with Gasteiger partial charge in [-0.1, -0.05) is 24.3 Å². The van der Waals surface area contributed by atoms with E-state index in [1.54, 1.807) is 14.2 Å². The fourth-order valence-electron chi connectivity index (χ4n) is 2.65. The van der Waals surface area contributed by atoms with Crippen molar-refractivity contribution in [2.24, 2.45) is 0 Å². The Balaban J connectivity index is 2.32. The summed E-state index contributed by atoms with van der Waals surface area (Å²) in [5.74, 6) is 2.21. The zero-order chi connectivity index (χ0) is 18.1. The van der Waals surface area contributed by atoms with Gasteiger partial charge in [-0.15, -0.1) is 0 Å². The van der Waals surface area contributed by atoms with Crippen LogP contribution in [0.2, 0.25) is 0 Å². The summed E-state index contributed by atoms with van der Waals surface area (Å²) in [6, 6.07) is 15.5. The molecule has 0 aromatic heterocycles. The number of hydrogen-bond donors (Lipinski definition) is 1. The van der Waals surface area contributed by atoms with Crippen LogP contribution in [-0.2, 0) is 4.74 Å². The second kappa shape index (κ2) is 9.91. The molecule has 5 heteroatoms. The van der Waals surface area contributed by atoms with E-state index in [4.69, 9.17) is 18.9 Å². The van der Waals surface area contributed by atoms with E-state index >= 15 is 0 Å². The van der Waals surface area contributed by atoms with Gasteiger partial charge < -0.3 is 24.3 Å². The number of methoxy groups -OCH3 is 2. The van der Waals surface area contributed by atoms with Crippen LogP contribution >= 0.6 is 0 Å². The molecule has 0 aliphatic rings. The van der Waals surface area contributed by atoms with E-state index in [9.17, 15) is 0 Å². The summed E-state index contributed by atoms with van der Waals surface area (Å²) < 4.78 is 22.9. The molecule has 2 aromatic carbocycles. The molecule has 5 nitrogen and oxygen atoms in total. The molecule has 0 aliphatic heterocycles. The van der Waals surface area contributed by atoms with Crippen molar-refractivity contribution in [2.45, 2.75) is 19.1 Å². The van der Waals surface area contributed by atoms with Crippen molar-refractivity contribution in [2.75, 3.05) is 34.4 Å². The summed E-state index contributed by atoms with van der Waals surface area (Å²) in [4.78, 5) is 0. The van der Waals surface area contributed by atoms with Crippen LogP contribution in [0.4, 0.5) is 0 Å². The normalized spacial score (nSPS) is 13.1. The Morgan fingerprint density at radius 2 is 1.64 bits per heavy atom. The van der Waals surface area contributed by atoms with Crippen molar-refractivity contribution in [3.05, 3.63) is 54.1 Å². The lowest BCUT2D eigenvalue weighted by Crippen LogP contribution is -2.34. The first kappa shape index (κ1) is 19.1. The summed E-state index contributed by atoms with van der Waals surface area (Å²) >= 11 is 0. The van der Waals surface area contributed by atoms with E-state index < -0.39 is 0 Å². The van der Waals surface area contributed by atoms with Crippen molar-refractivity contribution in [3.63, 3.8) is 0 Å². The smallest absolute Gasteiger partial charge is 0.162 e. The molecule has 0 radical (unpaired) electrons.